The highest BCUT2D eigenvalue weighted by Gasteiger charge is 2.19. The van der Waals surface area contributed by atoms with Crippen LogP contribution >= 0.6 is 0 Å². The first-order valence-corrected chi connectivity index (χ1v) is 6.97. The molecule has 88 valence electrons. The minimum absolute atomic E-state index is 0.0308. The number of sulfone groups is 1. The molecule has 1 unspecified atom stereocenters. The number of rotatable bonds is 5. The Morgan fingerprint density at radius 3 is 2.67 bits per heavy atom. The van der Waals surface area contributed by atoms with Crippen LogP contribution in [0.1, 0.15) is 25.7 Å². The van der Waals surface area contributed by atoms with Gasteiger partial charge < -0.3 is 10.4 Å². The third-order valence-electron chi connectivity index (χ3n) is 2.53. The molecule has 0 radical (unpaired) electrons. The molecule has 1 fully saturated rings. The Hall–Kier alpha value is -0.620. The van der Waals surface area contributed by atoms with Crippen LogP contribution < -0.4 is 5.32 Å². The van der Waals surface area contributed by atoms with Crippen molar-refractivity contribution in [1.29, 1.82) is 0 Å². The van der Waals surface area contributed by atoms with E-state index in [1.165, 1.54) is 0 Å². The summed E-state index contributed by atoms with van der Waals surface area (Å²) in [6.07, 6.45) is 3.77. The summed E-state index contributed by atoms with van der Waals surface area (Å²) in [5.74, 6) is -2.05. The first kappa shape index (κ1) is 12.4. The second-order valence-corrected chi connectivity index (χ2v) is 6.11. The highest BCUT2D eigenvalue weighted by atomic mass is 32.2. The van der Waals surface area contributed by atoms with Gasteiger partial charge in [-0.2, -0.15) is 0 Å². The number of piperidine rings is 1. The fraction of sp³-hybridized carbons (Fsp3) is 0.889. The number of carbonyl (C=O) groups is 1. The Morgan fingerprint density at radius 1 is 1.40 bits per heavy atom. The molecule has 1 atom stereocenters. The number of hydrogen-bond donors (Lipinski definition) is 2. The van der Waals surface area contributed by atoms with Gasteiger partial charge in [0.05, 0.1) is 5.75 Å². The summed E-state index contributed by atoms with van der Waals surface area (Å²) in [4.78, 5) is 10.3. The first-order valence-electron chi connectivity index (χ1n) is 5.15. The predicted octanol–water partition coefficient (Wildman–Crippen LogP) is 0.0180. The molecule has 1 rings (SSSR count). The maximum absolute atomic E-state index is 11.3. The smallest absolute Gasteiger partial charge is 0.318 e. The quantitative estimate of drug-likeness (QED) is 0.701. The van der Waals surface area contributed by atoms with Crippen LogP contribution in [-0.2, 0) is 14.6 Å². The Morgan fingerprint density at radius 2 is 2.13 bits per heavy atom. The molecule has 15 heavy (non-hydrogen) atoms. The normalized spacial score (nSPS) is 22.5. The van der Waals surface area contributed by atoms with E-state index in [9.17, 15) is 13.2 Å². The Kier molecular flexibility index (Phi) is 4.53. The van der Waals surface area contributed by atoms with Gasteiger partial charge in [0, 0.05) is 6.04 Å². The highest BCUT2D eigenvalue weighted by molar-refractivity contribution is 7.92. The lowest BCUT2D eigenvalue weighted by molar-refractivity contribution is -0.134. The molecule has 1 heterocycles. The minimum atomic E-state index is -3.42. The van der Waals surface area contributed by atoms with Crippen molar-refractivity contribution in [2.75, 3.05) is 18.1 Å². The van der Waals surface area contributed by atoms with Crippen LogP contribution in [0.25, 0.3) is 0 Å². The zero-order chi connectivity index (χ0) is 11.3. The van der Waals surface area contributed by atoms with Crippen molar-refractivity contribution in [3.8, 4) is 0 Å². The van der Waals surface area contributed by atoms with Crippen LogP contribution in [0.5, 0.6) is 0 Å². The molecule has 0 spiro atoms. The third kappa shape index (κ3) is 5.13. The predicted molar refractivity (Wildman–Crippen MR) is 56.5 cm³/mol. The number of nitrogens with one attached hydrogen (secondary N) is 1. The van der Waals surface area contributed by atoms with E-state index in [-0.39, 0.29) is 11.8 Å². The van der Waals surface area contributed by atoms with Crippen LogP contribution in [0.2, 0.25) is 0 Å². The Balaban J connectivity index is 2.31. The lowest BCUT2D eigenvalue weighted by atomic mass is 10.0. The minimum Gasteiger partial charge on any atom is -0.480 e. The van der Waals surface area contributed by atoms with Crippen molar-refractivity contribution in [2.45, 2.75) is 31.7 Å². The zero-order valence-electron chi connectivity index (χ0n) is 8.61. The van der Waals surface area contributed by atoms with E-state index >= 15 is 0 Å². The Bertz CT molecular complexity index is 306. The number of aliphatic carboxylic acids is 1. The van der Waals surface area contributed by atoms with E-state index in [2.05, 4.69) is 5.32 Å². The van der Waals surface area contributed by atoms with E-state index in [0.717, 1.165) is 25.8 Å². The molecule has 6 heteroatoms. The fourth-order valence-corrected chi connectivity index (χ4v) is 2.92. The largest absolute Gasteiger partial charge is 0.480 e. The SMILES string of the molecule is O=C(O)CS(=O)(=O)CCC1CCCCN1. The lowest BCUT2D eigenvalue weighted by Gasteiger charge is -2.22. The van der Waals surface area contributed by atoms with Crippen molar-refractivity contribution >= 4 is 15.8 Å². The molecule has 0 aliphatic carbocycles. The van der Waals surface area contributed by atoms with E-state index in [1.807, 2.05) is 0 Å². The second kappa shape index (κ2) is 5.46. The zero-order valence-corrected chi connectivity index (χ0v) is 9.42. The van der Waals surface area contributed by atoms with E-state index in [0.29, 0.717) is 6.42 Å². The summed E-state index contributed by atoms with van der Waals surface area (Å²) in [7, 11) is -3.42. The first-order chi connectivity index (χ1) is 6.99. The summed E-state index contributed by atoms with van der Waals surface area (Å²) in [5, 5.41) is 11.6. The summed E-state index contributed by atoms with van der Waals surface area (Å²) in [6.45, 7) is 0.934. The fourth-order valence-electron chi connectivity index (χ4n) is 1.75. The monoisotopic (exact) mass is 235 g/mol. The lowest BCUT2D eigenvalue weighted by Crippen LogP contribution is -2.35. The summed E-state index contributed by atoms with van der Waals surface area (Å²) >= 11 is 0. The van der Waals surface area contributed by atoms with E-state index < -0.39 is 21.6 Å². The molecule has 0 aromatic heterocycles. The molecule has 1 aliphatic rings. The number of carboxylic acids is 1. The second-order valence-electron chi connectivity index (χ2n) is 3.92. The van der Waals surface area contributed by atoms with Crippen LogP contribution in [0.4, 0.5) is 0 Å². The maximum atomic E-state index is 11.3. The standard InChI is InChI=1S/C9H17NO4S/c11-9(12)7-15(13,14)6-4-8-3-1-2-5-10-8/h8,10H,1-7H2,(H,11,12). The summed E-state index contributed by atoms with van der Waals surface area (Å²) in [5.41, 5.74) is 0. The molecule has 2 N–H and O–H groups in total. The summed E-state index contributed by atoms with van der Waals surface area (Å²) < 4.78 is 22.6. The van der Waals surface area contributed by atoms with E-state index in [1.54, 1.807) is 0 Å². The Labute approximate surface area is 89.8 Å². The van der Waals surface area contributed by atoms with Crippen molar-refractivity contribution in [3.05, 3.63) is 0 Å². The number of carboxylic acid groups (broad SMARTS) is 1. The van der Waals surface area contributed by atoms with Crippen LogP contribution in [0.15, 0.2) is 0 Å². The topological polar surface area (TPSA) is 83.5 Å². The molecule has 1 saturated heterocycles. The van der Waals surface area contributed by atoms with Gasteiger partial charge in [-0.1, -0.05) is 6.42 Å². The average molecular weight is 235 g/mol. The van der Waals surface area contributed by atoms with Gasteiger partial charge in [0.2, 0.25) is 0 Å². The van der Waals surface area contributed by atoms with Gasteiger partial charge in [-0.3, -0.25) is 4.79 Å². The van der Waals surface area contributed by atoms with Gasteiger partial charge in [-0.25, -0.2) is 8.42 Å². The highest BCUT2D eigenvalue weighted by Crippen LogP contribution is 2.11. The van der Waals surface area contributed by atoms with Crippen LogP contribution in [0, 0.1) is 0 Å². The molecule has 0 amide bonds. The van der Waals surface area contributed by atoms with Gasteiger partial charge >= 0.3 is 5.97 Å². The van der Waals surface area contributed by atoms with Crippen LogP contribution in [-0.4, -0.2) is 43.6 Å². The average Bonchev–Trinajstić information content (AvgIpc) is 2.15. The molecule has 0 aromatic rings. The molecule has 0 bridgehead atoms. The molecular weight excluding hydrogens is 218 g/mol. The van der Waals surface area contributed by atoms with Crippen LogP contribution in [0.3, 0.4) is 0 Å². The van der Waals surface area contributed by atoms with Gasteiger partial charge in [0.1, 0.15) is 5.75 Å². The maximum Gasteiger partial charge on any atom is 0.318 e. The van der Waals surface area contributed by atoms with Gasteiger partial charge in [-0.15, -0.1) is 0 Å². The van der Waals surface area contributed by atoms with Gasteiger partial charge in [0.25, 0.3) is 0 Å². The third-order valence-corrected chi connectivity index (χ3v) is 4.08. The van der Waals surface area contributed by atoms with Crippen molar-refractivity contribution < 1.29 is 18.3 Å². The molecule has 0 aromatic carbocycles. The molecular formula is C9H17NO4S. The van der Waals surface area contributed by atoms with Crippen molar-refractivity contribution in [2.24, 2.45) is 0 Å². The van der Waals surface area contributed by atoms with E-state index in [4.69, 9.17) is 5.11 Å². The molecule has 5 nitrogen and oxygen atoms in total. The van der Waals surface area contributed by atoms with Gasteiger partial charge in [0.15, 0.2) is 9.84 Å². The number of hydrogen-bond acceptors (Lipinski definition) is 4. The molecule has 1 aliphatic heterocycles. The van der Waals surface area contributed by atoms with Crippen molar-refractivity contribution in [1.82, 2.24) is 5.32 Å². The van der Waals surface area contributed by atoms with Crippen molar-refractivity contribution in [3.63, 3.8) is 0 Å². The molecule has 0 saturated carbocycles. The summed E-state index contributed by atoms with van der Waals surface area (Å²) in [6, 6.07) is 0.238. The van der Waals surface area contributed by atoms with Gasteiger partial charge in [-0.05, 0) is 25.8 Å².